The van der Waals surface area contributed by atoms with Crippen molar-refractivity contribution in [3.63, 3.8) is 0 Å². The Morgan fingerprint density at radius 1 is 1.09 bits per heavy atom. The molecule has 0 radical (unpaired) electrons. The highest BCUT2D eigenvalue weighted by Gasteiger charge is 2.36. The van der Waals surface area contributed by atoms with Crippen molar-refractivity contribution in [3.8, 4) is 17.1 Å². The Hall–Kier alpha value is -3.69. The summed E-state index contributed by atoms with van der Waals surface area (Å²) in [7, 11) is 1.81. The molecule has 1 aromatic heterocycles. The lowest BCUT2D eigenvalue weighted by atomic mass is 10.0. The minimum absolute atomic E-state index is 0.0128. The number of hydrogen-bond donors (Lipinski definition) is 0. The van der Waals surface area contributed by atoms with Gasteiger partial charge in [0.2, 0.25) is 0 Å². The Morgan fingerprint density at radius 2 is 1.91 bits per heavy atom. The van der Waals surface area contributed by atoms with Crippen molar-refractivity contribution in [2.75, 3.05) is 18.7 Å². The number of hydrogen-bond acceptors (Lipinski definition) is 7. The Labute approximate surface area is 194 Å². The van der Waals surface area contributed by atoms with Gasteiger partial charge in [0.25, 0.3) is 0 Å². The van der Waals surface area contributed by atoms with Crippen molar-refractivity contribution in [2.45, 2.75) is 38.5 Å². The summed E-state index contributed by atoms with van der Waals surface area (Å²) in [6.07, 6.45) is -0.966. The zero-order valence-electron chi connectivity index (χ0n) is 18.8. The number of rotatable bonds is 6. The van der Waals surface area contributed by atoms with Crippen molar-refractivity contribution >= 4 is 5.69 Å². The summed E-state index contributed by atoms with van der Waals surface area (Å²) in [5.74, 6) is 0.390. The first-order valence-electron chi connectivity index (χ1n) is 11.0. The van der Waals surface area contributed by atoms with Crippen molar-refractivity contribution in [3.05, 3.63) is 71.0 Å². The highest BCUT2D eigenvalue weighted by molar-refractivity contribution is 5.60. The van der Waals surface area contributed by atoms with E-state index in [0.29, 0.717) is 18.3 Å². The van der Waals surface area contributed by atoms with E-state index < -0.39 is 11.7 Å². The lowest BCUT2D eigenvalue weighted by Crippen LogP contribution is -2.23. The smallest absolute Gasteiger partial charge is 0.419 e. The molecule has 0 atom stereocenters. The van der Waals surface area contributed by atoms with Gasteiger partial charge >= 0.3 is 6.18 Å². The summed E-state index contributed by atoms with van der Waals surface area (Å²) in [5, 5.41) is 11.6. The third kappa shape index (κ3) is 4.52. The number of benzene rings is 2. The molecule has 0 bridgehead atoms. The quantitative estimate of drug-likeness (QED) is 0.449. The maximum atomic E-state index is 14.0. The van der Waals surface area contributed by atoms with Gasteiger partial charge in [0.1, 0.15) is 19.0 Å². The van der Waals surface area contributed by atoms with Crippen LogP contribution >= 0.6 is 0 Å². The van der Waals surface area contributed by atoms with E-state index >= 15 is 0 Å². The standard InChI is InChI=1S/C24H23F3N6O/c1-15-10-11-28-23(29-15)17-8-9-22(20(12-17)24(25,26)27)34-13-19-18(16-6-7-16)4-3-5-21(19)33-14-32(2)30-31-33/h3-5,8-12,16H,6-7,13-14H2,1-2H3. The van der Waals surface area contributed by atoms with E-state index in [1.165, 1.54) is 12.3 Å². The minimum Gasteiger partial charge on any atom is -0.488 e. The summed E-state index contributed by atoms with van der Waals surface area (Å²) in [4.78, 5) is 8.35. The molecule has 3 aromatic rings. The van der Waals surface area contributed by atoms with Crippen LogP contribution in [-0.2, 0) is 12.8 Å². The molecule has 10 heteroatoms. The van der Waals surface area contributed by atoms with Gasteiger partial charge in [-0.05, 0) is 66.8 Å². The third-order valence-corrected chi connectivity index (χ3v) is 5.83. The van der Waals surface area contributed by atoms with Crippen LogP contribution in [0.1, 0.15) is 41.1 Å². The van der Waals surface area contributed by atoms with Crippen molar-refractivity contribution in [2.24, 2.45) is 10.4 Å². The molecule has 1 aliphatic heterocycles. The molecule has 34 heavy (non-hydrogen) atoms. The van der Waals surface area contributed by atoms with Crippen molar-refractivity contribution < 1.29 is 17.9 Å². The Balaban J connectivity index is 1.48. The number of anilines is 1. The van der Waals surface area contributed by atoms with Gasteiger partial charge in [-0.1, -0.05) is 17.4 Å². The summed E-state index contributed by atoms with van der Waals surface area (Å²) in [6, 6.07) is 11.5. The minimum atomic E-state index is -4.60. The predicted molar refractivity (Wildman–Crippen MR) is 120 cm³/mol. The van der Waals surface area contributed by atoms with E-state index in [0.717, 1.165) is 35.7 Å². The maximum Gasteiger partial charge on any atom is 0.419 e. The molecule has 2 aromatic carbocycles. The van der Waals surface area contributed by atoms with Crippen LogP contribution in [0.15, 0.2) is 59.1 Å². The Kier molecular flexibility index (Phi) is 5.59. The van der Waals surface area contributed by atoms with Crippen molar-refractivity contribution in [1.82, 2.24) is 15.0 Å². The van der Waals surface area contributed by atoms with Crippen LogP contribution in [0.25, 0.3) is 11.4 Å². The average molecular weight is 468 g/mol. The zero-order chi connectivity index (χ0) is 23.9. The van der Waals surface area contributed by atoms with E-state index in [1.807, 2.05) is 18.2 Å². The van der Waals surface area contributed by atoms with E-state index in [2.05, 4.69) is 20.4 Å². The van der Waals surface area contributed by atoms with Gasteiger partial charge in [0.05, 0.1) is 11.3 Å². The van der Waals surface area contributed by atoms with Crippen molar-refractivity contribution in [1.29, 1.82) is 0 Å². The summed E-state index contributed by atoms with van der Waals surface area (Å²) < 4.78 is 47.8. The molecular weight excluding hydrogens is 445 g/mol. The molecule has 176 valence electrons. The number of halogens is 3. The van der Waals surface area contributed by atoms with E-state index in [1.54, 1.807) is 36.1 Å². The molecule has 1 fully saturated rings. The van der Waals surface area contributed by atoms with Crippen LogP contribution in [0, 0.1) is 6.92 Å². The average Bonchev–Trinajstić information content (AvgIpc) is 3.57. The summed E-state index contributed by atoms with van der Waals surface area (Å²) in [5.41, 5.74) is 2.80. The number of nitrogens with zero attached hydrogens (tertiary/aromatic N) is 6. The Morgan fingerprint density at radius 3 is 2.59 bits per heavy atom. The molecule has 0 amide bonds. The fourth-order valence-electron chi connectivity index (χ4n) is 4.01. The molecular formula is C24H23F3N6O. The van der Waals surface area contributed by atoms with Gasteiger partial charge in [-0.25, -0.2) is 15.0 Å². The topological polar surface area (TPSA) is 66.2 Å². The lowest BCUT2D eigenvalue weighted by Gasteiger charge is -2.21. The lowest BCUT2D eigenvalue weighted by molar-refractivity contribution is -0.139. The summed E-state index contributed by atoms with van der Waals surface area (Å²) in [6.45, 7) is 2.21. The van der Waals surface area contributed by atoms with Gasteiger partial charge < -0.3 is 4.74 Å². The predicted octanol–water partition coefficient (Wildman–Crippen LogP) is 5.92. The van der Waals surface area contributed by atoms with Crippen LogP contribution in [0.5, 0.6) is 5.75 Å². The van der Waals surface area contributed by atoms with Crippen LogP contribution in [-0.4, -0.2) is 28.7 Å². The first kappa shape index (κ1) is 22.1. The molecule has 0 N–H and O–H groups in total. The third-order valence-electron chi connectivity index (χ3n) is 5.83. The second-order valence-electron chi connectivity index (χ2n) is 8.52. The molecule has 1 saturated carbocycles. The van der Waals surface area contributed by atoms with Crippen LogP contribution < -0.4 is 9.75 Å². The number of alkyl halides is 3. The van der Waals surface area contributed by atoms with E-state index in [-0.39, 0.29) is 23.7 Å². The highest BCUT2D eigenvalue weighted by Crippen LogP contribution is 2.45. The first-order valence-corrected chi connectivity index (χ1v) is 11.0. The second-order valence-corrected chi connectivity index (χ2v) is 8.52. The largest absolute Gasteiger partial charge is 0.488 e. The molecule has 0 saturated heterocycles. The fourth-order valence-corrected chi connectivity index (χ4v) is 4.01. The fraction of sp³-hybridized carbons (Fsp3) is 0.333. The van der Waals surface area contributed by atoms with Gasteiger partial charge in [0, 0.05) is 30.1 Å². The SMILES string of the molecule is Cc1ccnc(-c2ccc(OCc3c(C4CC4)cccc3N3CN(C)N=N3)c(C(F)(F)F)c2)n1. The highest BCUT2D eigenvalue weighted by atomic mass is 19.4. The molecule has 7 nitrogen and oxygen atoms in total. The first-order chi connectivity index (χ1) is 16.3. The van der Waals surface area contributed by atoms with Gasteiger partial charge in [-0.3, -0.25) is 5.01 Å². The second kappa shape index (κ2) is 8.58. The number of aromatic nitrogens is 2. The summed E-state index contributed by atoms with van der Waals surface area (Å²) >= 11 is 0. The molecule has 0 unspecified atom stereocenters. The van der Waals surface area contributed by atoms with E-state index in [4.69, 9.17) is 4.74 Å². The molecule has 1 aliphatic carbocycles. The van der Waals surface area contributed by atoms with Gasteiger partial charge in [0.15, 0.2) is 5.82 Å². The van der Waals surface area contributed by atoms with Gasteiger partial charge in [-0.2, -0.15) is 13.2 Å². The monoisotopic (exact) mass is 468 g/mol. The molecule has 2 aliphatic rings. The Bertz CT molecular complexity index is 1240. The normalized spacial score (nSPS) is 15.8. The molecule has 5 rings (SSSR count). The number of aryl methyl sites for hydroxylation is 1. The molecule has 0 spiro atoms. The molecule has 2 heterocycles. The van der Waals surface area contributed by atoms with Crippen LogP contribution in [0.3, 0.4) is 0 Å². The number of ether oxygens (including phenoxy) is 1. The van der Waals surface area contributed by atoms with E-state index in [9.17, 15) is 13.2 Å². The van der Waals surface area contributed by atoms with Crippen LogP contribution in [0.4, 0.5) is 18.9 Å². The van der Waals surface area contributed by atoms with Crippen LogP contribution in [0.2, 0.25) is 0 Å². The van der Waals surface area contributed by atoms with Gasteiger partial charge in [-0.15, -0.1) is 0 Å². The zero-order valence-corrected chi connectivity index (χ0v) is 18.8. The maximum absolute atomic E-state index is 14.0.